The van der Waals surface area contributed by atoms with Crippen LogP contribution in [-0.4, -0.2) is 24.4 Å². The van der Waals surface area contributed by atoms with Crippen LogP contribution in [0.15, 0.2) is 30.3 Å². The fourth-order valence-corrected chi connectivity index (χ4v) is 2.16. The molecule has 2 rings (SSSR count). The molecule has 0 fully saturated rings. The van der Waals surface area contributed by atoms with Gasteiger partial charge in [-0.05, 0) is 11.5 Å². The van der Waals surface area contributed by atoms with Crippen molar-refractivity contribution < 1.29 is 36.6 Å². The average Bonchev–Trinajstić information content (AvgIpc) is 2.43. The maximum Gasteiger partial charge on any atom is 0.458 e. The number of rotatable bonds is 3. The standard InChI is InChI=1S/C14H9F5O3/c1-22-10-6-5-7-8(11(10)12(20)21)3-2-4-9(7)13(15,16)14(17,18)19/h2-6H,1H3,(H,20,21). The summed E-state index contributed by atoms with van der Waals surface area (Å²) in [5.41, 5.74) is -1.78. The fourth-order valence-electron chi connectivity index (χ4n) is 2.16. The van der Waals surface area contributed by atoms with E-state index in [-0.39, 0.29) is 11.1 Å². The number of aromatic carboxylic acids is 1. The lowest BCUT2D eigenvalue weighted by Gasteiger charge is -2.22. The van der Waals surface area contributed by atoms with Crippen LogP contribution in [0.4, 0.5) is 22.0 Å². The number of ether oxygens (including phenoxy) is 1. The number of methoxy groups -OCH3 is 1. The number of benzene rings is 2. The van der Waals surface area contributed by atoms with E-state index in [1.54, 1.807) is 0 Å². The smallest absolute Gasteiger partial charge is 0.458 e. The molecule has 0 saturated carbocycles. The van der Waals surface area contributed by atoms with Gasteiger partial charge < -0.3 is 9.84 Å². The zero-order valence-electron chi connectivity index (χ0n) is 11.0. The Hall–Kier alpha value is -2.38. The first-order valence-corrected chi connectivity index (χ1v) is 5.89. The summed E-state index contributed by atoms with van der Waals surface area (Å²) in [5, 5.41) is 8.41. The van der Waals surface area contributed by atoms with Gasteiger partial charge in [-0.3, -0.25) is 0 Å². The summed E-state index contributed by atoms with van der Waals surface area (Å²) in [6, 6.07) is 4.74. The highest BCUT2D eigenvalue weighted by Crippen LogP contribution is 2.46. The fraction of sp³-hybridized carbons (Fsp3) is 0.214. The Labute approximate surface area is 120 Å². The molecule has 8 heteroatoms. The molecule has 2 aromatic carbocycles. The van der Waals surface area contributed by atoms with Crippen molar-refractivity contribution in [2.45, 2.75) is 12.1 Å². The molecular weight excluding hydrogens is 311 g/mol. The predicted molar refractivity (Wildman–Crippen MR) is 67.4 cm³/mol. The van der Waals surface area contributed by atoms with Crippen LogP contribution in [-0.2, 0) is 5.92 Å². The van der Waals surface area contributed by atoms with Gasteiger partial charge in [0.2, 0.25) is 0 Å². The van der Waals surface area contributed by atoms with Gasteiger partial charge in [0.15, 0.2) is 0 Å². The molecule has 118 valence electrons. The highest BCUT2D eigenvalue weighted by atomic mass is 19.4. The maximum atomic E-state index is 13.6. The molecule has 2 aromatic rings. The lowest BCUT2D eigenvalue weighted by molar-refractivity contribution is -0.288. The Morgan fingerprint density at radius 2 is 1.68 bits per heavy atom. The minimum atomic E-state index is -5.79. The van der Waals surface area contributed by atoms with Crippen molar-refractivity contribution in [3.8, 4) is 5.75 Å². The lowest BCUT2D eigenvalue weighted by atomic mass is 9.95. The number of fused-ring (bicyclic) bond motifs is 1. The molecule has 22 heavy (non-hydrogen) atoms. The van der Waals surface area contributed by atoms with Crippen LogP contribution in [0.25, 0.3) is 10.8 Å². The van der Waals surface area contributed by atoms with Crippen LogP contribution in [0.5, 0.6) is 5.75 Å². The molecule has 0 saturated heterocycles. The van der Waals surface area contributed by atoms with Crippen molar-refractivity contribution in [1.82, 2.24) is 0 Å². The normalized spacial score (nSPS) is 12.5. The molecule has 0 aliphatic heterocycles. The number of carbonyl (C=O) groups is 1. The molecule has 1 N–H and O–H groups in total. The largest absolute Gasteiger partial charge is 0.496 e. The molecule has 0 spiro atoms. The van der Waals surface area contributed by atoms with Crippen molar-refractivity contribution in [1.29, 1.82) is 0 Å². The van der Waals surface area contributed by atoms with E-state index in [2.05, 4.69) is 0 Å². The van der Waals surface area contributed by atoms with Crippen LogP contribution >= 0.6 is 0 Å². The minimum Gasteiger partial charge on any atom is -0.496 e. The lowest BCUT2D eigenvalue weighted by Crippen LogP contribution is -2.33. The van der Waals surface area contributed by atoms with Crippen LogP contribution in [0.3, 0.4) is 0 Å². The second kappa shape index (κ2) is 5.11. The highest BCUT2D eigenvalue weighted by Gasteiger charge is 2.59. The van der Waals surface area contributed by atoms with Crippen LogP contribution in [0, 0.1) is 0 Å². The predicted octanol–water partition coefficient (Wildman–Crippen LogP) is 4.20. The zero-order chi connectivity index (χ0) is 16.7. The Morgan fingerprint density at radius 3 is 2.18 bits per heavy atom. The van der Waals surface area contributed by atoms with E-state index < -0.39 is 34.6 Å². The summed E-state index contributed by atoms with van der Waals surface area (Å²) >= 11 is 0. The monoisotopic (exact) mass is 320 g/mol. The van der Waals surface area contributed by atoms with Gasteiger partial charge in [0.05, 0.1) is 7.11 Å². The molecule has 0 aliphatic rings. The van der Waals surface area contributed by atoms with Gasteiger partial charge in [-0.25, -0.2) is 4.79 Å². The van der Waals surface area contributed by atoms with Crippen LogP contribution in [0.2, 0.25) is 0 Å². The molecule has 0 bridgehead atoms. The number of hydrogen-bond donors (Lipinski definition) is 1. The van der Waals surface area contributed by atoms with Crippen molar-refractivity contribution in [2.75, 3.05) is 7.11 Å². The summed E-state index contributed by atoms with van der Waals surface area (Å²) in [6.07, 6.45) is -5.79. The van der Waals surface area contributed by atoms with E-state index in [0.29, 0.717) is 6.07 Å². The summed E-state index contributed by atoms with van der Waals surface area (Å²) in [5.74, 6) is -6.72. The van der Waals surface area contributed by atoms with Gasteiger partial charge in [0.25, 0.3) is 0 Å². The molecule has 3 nitrogen and oxygen atoms in total. The van der Waals surface area contributed by atoms with Crippen molar-refractivity contribution in [3.63, 3.8) is 0 Å². The van der Waals surface area contributed by atoms with Gasteiger partial charge >= 0.3 is 18.1 Å². The Kier molecular flexibility index (Phi) is 3.72. The summed E-state index contributed by atoms with van der Waals surface area (Å²) in [6.45, 7) is 0. The number of hydrogen-bond acceptors (Lipinski definition) is 2. The molecular formula is C14H9F5O3. The molecule has 0 aromatic heterocycles. The summed E-state index contributed by atoms with van der Waals surface area (Å²) in [7, 11) is 1.17. The van der Waals surface area contributed by atoms with Crippen molar-refractivity contribution >= 4 is 16.7 Å². The van der Waals surface area contributed by atoms with Gasteiger partial charge in [-0.2, -0.15) is 22.0 Å². The van der Waals surface area contributed by atoms with Crippen LogP contribution < -0.4 is 4.74 Å². The molecule has 0 amide bonds. The van der Waals surface area contributed by atoms with Crippen molar-refractivity contribution in [2.24, 2.45) is 0 Å². The van der Waals surface area contributed by atoms with E-state index >= 15 is 0 Å². The molecule has 0 unspecified atom stereocenters. The first-order chi connectivity index (χ1) is 10.1. The number of carboxylic acids is 1. The maximum absolute atomic E-state index is 13.6. The van der Waals surface area contributed by atoms with Crippen LogP contribution in [0.1, 0.15) is 15.9 Å². The third-order valence-corrected chi connectivity index (χ3v) is 3.15. The summed E-state index contributed by atoms with van der Waals surface area (Å²) < 4.78 is 69.7. The average molecular weight is 320 g/mol. The third kappa shape index (κ3) is 2.34. The van der Waals surface area contributed by atoms with E-state index in [1.165, 1.54) is 7.11 Å². The van der Waals surface area contributed by atoms with Gasteiger partial charge in [-0.1, -0.05) is 24.3 Å². The first kappa shape index (κ1) is 16.0. The molecule has 0 atom stereocenters. The van der Waals surface area contributed by atoms with E-state index in [9.17, 15) is 26.7 Å². The topological polar surface area (TPSA) is 46.5 Å². The van der Waals surface area contributed by atoms with E-state index in [4.69, 9.17) is 9.84 Å². The first-order valence-electron chi connectivity index (χ1n) is 5.89. The third-order valence-electron chi connectivity index (χ3n) is 3.15. The van der Waals surface area contributed by atoms with E-state index in [0.717, 1.165) is 24.3 Å². The SMILES string of the molecule is COc1ccc2c(C(F)(F)C(F)(F)F)cccc2c1C(=O)O. The highest BCUT2D eigenvalue weighted by molar-refractivity contribution is 6.07. The quantitative estimate of drug-likeness (QED) is 0.862. The summed E-state index contributed by atoms with van der Waals surface area (Å²) in [4.78, 5) is 11.3. The second-order valence-corrected chi connectivity index (χ2v) is 4.42. The van der Waals surface area contributed by atoms with E-state index in [1.807, 2.05) is 0 Å². The Morgan fingerprint density at radius 1 is 1.05 bits per heavy atom. The van der Waals surface area contributed by atoms with Gasteiger partial charge in [0, 0.05) is 10.9 Å². The molecule has 0 aliphatic carbocycles. The van der Waals surface area contributed by atoms with Gasteiger partial charge in [-0.15, -0.1) is 0 Å². The number of halogens is 5. The number of alkyl halides is 5. The number of carboxylic acid groups (broad SMARTS) is 1. The zero-order valence-corrected chi connectivity index (χ0v) is 11.0. The van der Waals surface area contributed by atoms with Crippen molar-refractivity contribution in [3.05, 3.63) is 41.5 Å². The Bertz CT molecular complexity index is 737. The molecule has 0 radical (unpaired) electrons. The second-order valence-electron chi connectivity index (χ2n) is 4.42. The van der Waals surface area contributed by atoms with Gasteiger partial charge in [0.1, 0.15) is 11.3 Å². The minimum absolute atomic E-state index is 0.132. The Balaban J connectivity index is 2.87. The molecule has 0 heterocycles.